The number of hydrogen-bond acceptors (Lipinski definition) is 1. The average molecular weight is 160 g/mol. The van der Waals surface area contributed by atoms with Gasteiger partial charge in [-0.3, -0.25) is 4.21 Å². The lowest BCUT2D eigenvalue weighted by Gasteiger charge is -2.04. The highest BCUT2D eigenvalue weighted by Gasteiger charge is 2.16. The van der Waals surface area contributed by atoms with Crippen LogP contribution in [0.4, 0.5) is 0 Å². The van der Waals surface area contributed by atoms with Gasteiger partial charge in [0.1, 0.15) is 0 Å². The van der Waals surface area contributed by atoms with Crippen LogP contribution in [0.3, 0.4) is 0 Å². The fraction of sp³-hybridized carbons (Fsp3) is 1.00. The van der Waals surface area contributed by atoms with E-state index in [4.69, 9.17) is 0 Å². The van der Waals surface area contributed by atoms with Crippen molar-refractivity contribution in [2.45, 2.75) is 26.7 Å². The molecular weight excluding hydrogens is 144 g/mol. The lowest BCUT2D eigenvalue weighted by Crippen LogP contribution is -2.08. The van der Waals surface area contributed by atoms with Crippen LogP contribution in [0.2, 0.25) is 0 Å². The van der Waals surface area contributed by atoms with E-state index in [1.165, 1.54) is 12.8 Å². The molecule has 0 aromatic carbocycles. The highest BCUT2D eigenvalue weighted by atomic mass is 32.2. The van der Waals surface area contributed by atoms with Crippen molar-refractivity contribution in [3.05, 3.63) is 0 Å². The summed E-state index contributed by atoms with van der Waals surface area (Å²) in [6, 6.07) is 0. The van der Waals surface area contributed by atoms with E-state index in [9.17, 15) is 4.21 Å². The Hall–Kier alpha value is 0.150. The smallest absolute Gasteiger partial charge is 0.0260 e. The molecule has 0 aromatic heterocycles. The van der Waals surface area contributed by atoms with E-state index in [0.29, 0.717) is 11.8 Å². The second kappa shape index (κ2) is 3.51. The maximum atomic E-state index is 11.2. The third-order valence-corrected chi connectivity index (χ3v) is 3.97. The van der Waals surface area contributed by atoms with Crippen LogP contribution < -0.4 is 0 Å². The van der Waals surface area contributed by atoms with E-state index >= 15 is 0 Å². The van der Waals surface area contributed by atoms with Crippen LogP contribution in [-0.4, -0.2) is 15.7 Å². The second-order valence-corrected chi connectivity index (χ2v) is 5.11. The van der Waals surface area contributed by atoms with E-state index in [1.807, 2.05) is 0 Å². The lowest BCUT2D eigenvalue weighted by molar-refractivity contribution is 0.498. The largest absolute Gasteiger partial charge is 0.260 e. The zero-order valence-electron chi connectivity index (χ0n) is 6.80. The van der Waals surface area contributed by atoms with Gasteiger partial charge in [-0.05, 0) is 24.7 Å². The highest BCUT2D eigenvalue weighted by Crippen LogP contribution is 2.19. The summed E-state index contributed by atoms with van der Waals surface area (Å²) >= 11 is 0. The Morgan fingerprint density at radius 3 is 1.90 bits per heavy atom. The summed E-state index contributed by atoms with van der Waals surface area (Å²) in [5.74, 6) is 3.24. The zero-order valence-corrected chi connectivity index (χ0v) is 7.62. The van der Waals surface area contributed by atoms with Crippen molar-refractivity contribution in [2.24, 2.45) is 11.8 Å². The van der Waals surface area contributed by atoms with Crippen molar-refractivity contribution in [1.29, 1.82) is 0 Å². The van der Waals surface area contributed by atoms with Gasteiger partial charge in [-0.1, -0.05) is 13.8 Å². The molecule has 1 aliphatic rings. The van der Waals surface area contributed by atoms with Crippen molar-refractivity contribution in [3.63, 3.8) is 0 Å². The summed E-state index contributed by atoms with van der Waals surface area (Å²) in [6.07, 6.45) is 2.54. The van der Waals surface area contributed by atoms with Gasteiger partial charge < -0.3 is 0 Å². The number of hydrogen-bond donors (Lipinski definition) is 0. The molecule has 0 aliphatic carbocycles. The summed E-state index contributed by atoms with van der Waals surface area (Å²) in [4.78, 5) is 0. The van der Waals surface area contributed by atoms with E-state index < -0.39 is 10.8 Å². The Labute approximate surface area is 65.7 Å². The summed E-state index contributed by atoms with van der Waals surface area (Å²) in [5, 5.41) is 0. The van der Waals surface area contributed by atoms with E-state index in [-0.39, 0.29) is 0 Å². The first-order valence-electron chi connectivity index (χ1n) is 4.03. The molecule has 2 unspecified atom stereocenters. The molecule has 0 amide bonds. The minimum absolute atomic E-state index is 0.518. The Kier molecular flexibility index (Phi) is 2.90. The fourth-order valence-electron chi connectivity index (χ4n) is 1.44. The van der Waals surface area contributed by atoms with E-state index in [2.05, 4.69) is 13.8 Å². The molecule has 1 nitrogen and oxygen atoms in total. The molecule has 0 N–H and O–H groups in total. The quantitative estimate of drug-likeness (QED) is 0.528. The first-order valence-corrected chi connectivity index (χ1v) is 5.52. The molecule has 10 heavy (non-hydrogen) atoms. The van der Waals surface area contributed by atoms with Crippen LogP contribution in [0.5, 0.6) is 0 Å². The Morgan fingerprint density at radius 1 is 1.10 bits per heavy atom. The normalized spacial score (nSPS) is 42.8. The Balaban J connectivity index is 2.46. The standard InChI is InChI=1S/C8H16OS/c1-7-3-4-8(2)6-10(9)5-7/h7-8H,3-6H2,1-2H3. The summed E-state index contributed by atoms with van der Waals surface area (Å²) in [6.45, 7) is 4.41. The topological polar surface area (TPSA) is 17.1 Å². The van der Waals surface area contributed by atoms with Gasteiger partial charge in [0, 0.05) is 22.3 Å². The average Bonchev–Trinajstić information content (AvgIpc) is 1.93. The third-order valence-electron chi connectivity index (χ3n) is 2.09. The SMILES string of the molecule is CC1CCC(C)CS(=O)C1. The first kappa shape index (κ1) is 8.25. The van der Waals surface area contributed by atoms with E-state index in [0.717, 1.165) is 11.5 Å². The van der Waals surface area contributed by atoms with Gasteiger partial charge in [-0.2, -0.15) is 0 Å². The molecule has 0 spiro atoms. The van der Waals surface area contributed by atoms with Gasteiger partial charge in [0.2, 0.25) is 0 Å². The predicted molar refractivity (Wildman–Crippen MR) is 45.4 cm³/mol. The van der Waals surface area contributed by atoms with Crippen molar-refractivity contribution >= 4 is 10.8 Å². The van der Waals surface area contributed by atoms with Crippen LogP contribution in [0, 0.1) is 11.8 Å². The molecule has 2 atom stereocenters. The van der Waals surface area contributed by atoms with Crippen LogP contribution in [-0.2, 0) is 10.8 Å². The van der Waals surface area contributed by atoms with Crippen LogP contribution >= 0.6 is 0 Å². The minimum Gasteiger partial charge on any atom is -0.260 e. The van der Waals surface area contributed by atoms with Gasteiger partial charge in [-0.15, -0.1) is 0 Å². The van der Waals surface area contributed by atoms with Crippen molar-refractivity contribution in [3.8, 4) is 0 Å². The van der Waals surface area contributed by atoms with Gasteiger partial charge in [0.15, 0.2) is 0 Å². The lowest BCUT2D eigenvalue weighted by atomic mass is 10.0. The van der Waals surface area contributed by atoms with Crippen LogP contribution in [0.1, 0.15) is 26.7 Å². The number of rotatable bonds is 0. The predicted octanol–water partition coefficient (Wildman–Crippen LogP) is 1.80. The molecule has 2 heteroatoms. The van der Waals surface area contributed by atoms with Crippen molar-refractivity contribution < 1.29 is 4.21 Å². The van der Waals surface area contributed by atoms with Crippen LogP contribution in [0.25, 0.3) is 0 Å². The molecule has 1 aliphatic heterocycles. The molecule has 0 saturated carbocycles. The molecule has 0 radical (unpaired) electrons. The molecule has 1 heterocycles. The molecule has 60 valence electrons. The summed E-state index contributed by atoms with van der Waals surface area (Å²) in [7, 11) is -0.518. The summed E-state index contributed by atoms with van der Waals surface area (Å²) < 4.78 is 11.2. The monoisotopic (exact) mass is 160 g/mol. The third kappa shape index (κ3) is 2.41. The van der Waals surface area contributed by atoms with Crippen LogP contribution in [0.15, 0.2) is 0 Å². The molecule has 1 saturated heterocycles. The molecule has 0 aromatic rings. The highest BCUT2D eigenvalue weighted by molar-refractivity contribution is 7.85. The van der Waals surface area contributed by atoms with Gasteiger partial charge in [-0.25, -0.2) is 0 Å². The molecule has 1 fully saturated rings. The maximum Gasteiger partial charge on any atom is 0.0260 e. The van der Waals surface area contributed by atoms with Crippen molar-refractivity contribution in [2.75, 3.05) is 11.5 Å². The first-order chi connectivity index (χ1) is 4.68. The molecule has 0 bridgehead atoms. The second-order valence-electron chi connectivity index (χ2n) is 3.56. The molecular formula is C8H16OS. The fourth-order valence-corrected chi connectivity index (χ4v) is 3.18. The van der Waals surface area contributed by atoms with Gasteiger partial charge >= 0.3 is 0 Å². The minimum atomic E-state index is -0.518. The van der Waals surface area contributed by atoms with Gasteiger partial charge in [0.25, 0.3) is 0 Å². The Bertz CT molecular complexity index is 119. The van der Waals surface area contributed by atoms with E-state index in [1.54, 1.807) is 0 Å². The van der Waals surface area contributed by atoms with Gasteiger partial charge in [0.05, 0.1) is 0 Å². The van der Waals surface area contributed by atoms with Crippen molar-refractivity contribution in [1.82, 2.24) is 0 Å². The summed E-state index contributed by atoms with van der Waals surface area (Å²) in [5.41, 5.74) is 0. The maximum absolute atomic E-state index is 11.2. The zero-order chi connectivity index (χ0) is 7.56. The Morgan fingerprint density at radius 2 is 1.50 bits per heavy atom. The molecule has 1 rings (SSSR count).